The van der Waals surface area contributed by atoms with E-state index < -0.39 is 0 Å². The minimum Gasteiger partial charge on any atom is -0.493 e. The maximum absolute atomic E-state index is 12.5. The number of amides is 1. The zero-order valence-electron chi connectivity index (χ0n) is 21.6. The van der Waals surface area contributed by atoms with E-state index in [2.05, 4.69) is 16.5 Å². The third-order valence-electron chi connectivity index (χ3n) is 6.06. The van der Waals surface area contributed by atoms with Crippen molar-refractivity contribution >= 4 is 16.9 Å². The maximum atomic E-state index is 12.5. The average Bonchev–Trinajstić information content (AvgIpc) is 3.26. The molecule has 4 rings (SSSR count). The Morgan fingerprint density at radius 1 is 1.03 bits per heavy atom. The molecule has 0 aliphatic carbocycles. The summed E-state index contributed by atoms with van der Waals surface area (Å²) in [7, 11) is 1.63. The van der Waals surface area contributed by atoms with E-state index in [0.717, 1.165) is 40.0 Å². The number of ether oxygens (including phenoxy) is 3. The van der Waals surface area contributed by atoms with E-state index in [1.165, 1.54) is 0 Å². The van der Waals surface area contributed by atoms with E-state index in [-0.39, 0.29) is 19.1 Å². The molecular weight excluding hydrogens is 466 g/mol. The molecule has 0 bridgehead atoms. The second-order valence-electron chi connectivity index (χ2n) is 8.83. The van der Waals surface area contributed by atoms with Crippen molar-refractivity contribution < 1.29 is 19.0 Å². The van der Waals surface area contributed by atoms with Crippen LogP contribution in [-0.2, 0) is 24.3 Å². The molecule has 0 fully saturated rings. The van der Waals surface area contributed by atoms with E-state index in [0.29, 0.717) is 30.4 Å². The number of benzene rings is 3. The van der Waals surface area contributed by atoms with Crippen LogP contribution in [-0.4, -0.2) is 35.8 Å². The molecule has 0 radical (unpaired) electrons. The van der Waals surface area contributed by atoms with Gasteiger partial charge in [-0.05, 0) is 67.3 Å². The molecular formula is C30H33N3O4. The first-order valence-corrected chi connectivity index (χ1v) is 12.3. The standard InChI is InChI=1S/C30H33N3O4/c1-5-8-23-13-14-26(28(18-23)35-4)36-16-15-33-25-10-7-6-9-24(25)32-29(33)19-31-30(34)20-37-27-17-21(2)11-12-22(27)3/h5-7,9-14,17-18H,1,8,15-16,19-20H2,2-4H3,(H,31,34). The molecule has 1 amide bonds. The van der Waals surface area contributed by atoms with Crippen molar-refractivity contribution in [1.29, 1.82) is 0 Å². The number of imidazole rings is 1. The van der Waals surface area contributed by atoms with E-state index in [1.54, 1.807) is 7.11 Å². The van der Waals surface area contributed by atoms with E-state index in [1.807, 2.05) is 80.6 Å². The van der Waals surface area contributed by atoms with Gasteiger partial charge in [-0.25, -0.2) is 4.98 Å². The number of nitrogens with zero attached hydrogens (tertiary/aromatic N) is 2. The smallest absolute Gasteiger partial charge is 0.258 e. The summed E-state index contributed by atoms with van der Waals surface area (Å²) in [4.78, 5) is 17.3. The molecule has 4 aromatic rings. The average molecular weight is 500 g/mol. The Hall–Kier alpha value is -4.26. The summed E-state index contributed by atoms with van der Waals surface area (Å²) in [6, 6.07) is 19.7. The SMILES string of the molecule is C=CCc1ccc(OCCn2c(CNC(=O)COc3cc(C)ccc3C)nc3ccccc32)c(OC)c1. The summed E-state index contributed by atoms with van der Waals surface area (Å²) in [5.74, 6) is 2.62. The van der Waals surface area contributed by atoms with Gasteiger partial charge in [-0.1, -0.05) is 36.4 Å². The van der Waals surface area contributed by atoms with E-state index in [9.17, 15) is 4.79 Å². The van der Waals surface area contributed by atoms with Crippen molar-refractivity contribution in [3.05, 3.63) is 95.8 Å². The van der Waals surface area contributed by atoms with Gasteiger partial charge in [-0.3, -0.25) is 4.79 Å². The van der Waals surface area contributed by atoms with Crippen LogP contribution in [0.25, 0.3) is 11.0 Å². The zero-order chi connectivity index (χ0) is 26.2. The number of rotatable bonds is 12. The molecule has 7 heteroatoms. The quantitative estimate of drug-likeness (QED) is 0.273. The normalized spacial score (nSPS) is 10.8. The van der Waals surface area contributed by atoms with E-state index >= 15 is 0 Å². The van der Waals surface area contributed by atoms with Crippen LogP contribution in [0.3, 0.4) is 0 Å². The van der Waals surface area contributed by atoms with Crippen LogP contribution in [0.4, 0.5) is 0 Å². The number of hydrogen-bond donors (Lipinski definition) is 1. The molecule has 0 atom stereocenters. The lowest BCUT2D eigenvalue weighted by Gasteiger charge is -2.14. The third-order valence-corrected chi connectivity index (χ3v) is 6.06. The Morgan fingerprint density at radius 3 is 2.68 bits per heavy atom. The first kappa shape index (κ1) is 25.8. The highest BCUT2D eigenvalue weighted by Gasteiger charge is 2.13. The first-order valence-electron chi connectivity index (χ1n) is 12.3. The third kappa shape index (κ3) is 6.50. The highest BCUT2D eigenvalue weighted by atomic mass is 16.5. The Bertz CT molecular complexity index is 1390. The van der Waals surface area contributed by atoms with Gasteiger partial charge < -0.3 is 24.1 Å². The summed E-state index contributed by atoms with van der Waals surface area (Å²) in [5.41, 5.74) is 5.04. The predicted molar refractivity (Wildman–Crippen MR) is 145 cm³/mol. The Morgan fingerprint density at radius 2 is 1.86 bits per heavy atom. The van der Waals surface area contributed by atoms with Crippen LogP contribution in [0.15, 0.2) is 73.3 Å². The molecule has 0 aliphatic heterocycles. The van der Waals surface area contributed by atoms with Crippen LogP contribution < -0.4 is 19.5 Å². The number of allylic oxidation sites excluding steroid dienone is 1. The fraction of sp³-hybridized carbons (Fsp3) is 0.267. The molecule has 0 spiro atoms. The highest BCUT2D eigenvalue weighted by Crippen LogP contribution is 2.28. The Labute approximate surface area is 217 Å². The number of fused-ring (bicyclic) bond motifs is 1. The lowest BCUT2D eigenvalue weighted by molar-refractivity contribution is -0.123. The van der Waals surface area contributed by atoms with Crippen molar-refractivity contribution in [2.45, 2.75) is 33.4 Å². The fourth-order valence-corrected chi connectivity index (χ4v) is 4.12. The first-order chi connectivity index (χ1) is 18.0. The lowest BCUT2D eigenvalue weighted by Crippen LogP contribution is -2.30. The lowest BCUT2D eigenvalue weighted by atomic mass is 10.1. The van der Waals surface area contributed by atoms with Gasteiger partial charge in [-0.2, -0.15) is 0 Å². The fourth-order valence-electron chi connectivity index (χ4n) is 4.12. The van der Waals surface area contributed by atoms with Gasteiger partial charge in [0.25, 0.3) is 5.91 Å². The highest BCUT2D eigenvalue weighted by molar-refractivity contribution is 5.78. The molecule has 1 heterocycles. The van der Waals surface area contributed by atoms with Crippen LogP contribution in [0, 0.1) is 13.8 Å². The van der Waals surface area contributed by atoms with Crippen LogP contribution >= 0.6 is 0 Å². The number of aromatic nitrogens is 2. The summed E-state index contributed by atoms with van der Waals surface area (Å²) >= 11 is 0. The molecule has 0 saturated heterocycles. The molecule has 0 saturated carbocycles. The molecule has 7 nitrogen and oxygen atoms in total. The van der Waals surface area contributed by atoms with Gasteiger partial charge in [0.05, 0.1) is 31.2 Å². The van der Waals surface area contributed by atoms with Crippen molar-refractivity contribution in [2.24, 2.45) is 0 Å². The van der Waals surface area contributed by atoms with Gasteiger partial charge in [0.15, 0.2) is 18.1 Å². The number of methoxy groups -OCH3 is 1. The van der Waals surface area contributed by atoms with E-state index in [4.69, 9.17) is 19.2 Å². The number of aryl methyl sites for hydroxylation is 2. The monoisotopic (exact) mass is 499 g/mol. The minimum atomic E-state index is -0.208. The number of hydrogen-bond acceptors (Lipinski definition) is 5. The maximum Gasteiger partial charge on any atom is 0.258 e. The largest absolute Gasteiger partial charge is 0.493 e. The van der Waals surface area contributed by atoms with Gasteiger partial charge in [-0.15, -0.1) is 6.58 Å². The minimum absolute atomic E-state index is 0.0602. The molecule has 3 aromatic carbocycles. The summed E-state index contributed by atoms with van der Waals surface area (Å²) in [6.07, 6.45) is 2.62. The number of para-hydroxylation sites is 2. The molecule has 37 heavy (non-hydrogen) atoms. The summed E-state index contributed by atoms with van der Waals surface area (Å²) < 4.78 is 19.4. The van der Waals surface area contributed by atoms with Crippen molar-refractivity contribution in [2.75, 3.05) is 20.3 Å². The number of nitrogens with one attached hydrogen (secondary N) is 1. The molecule has 0 aliphatic rings. The molecule has 192 valence electrons. The van der Waals surface area contributed by atoms with Crippen molar-refractivity contribution in [3.63, 3.8) is 0 Å². The number of carbonyl (C=O) groups excluding carboxylic acids is 1. The van der Waals surface area contributed by atoms with Crippen molar-refractivity contribution in [3.8, 4) is 17.2 Å². The van der Waals surface area contributed by atoms with Gasteiger partial charge in [0.2, 0.25) is 0 Å². The van der Waals surface area contributed by atoms with Gasteiger partial charge in [0.1, 0.15) is 18.2 Å². The molecule has 0 unspecified atom stereocenters. The Balaban J connectivity index is 1.40. The predicted octanol–water partition coefficient (Wildman–Crippen LogP) is 5.16. The van der Waals surface area contributed by atoms with Crippen LogP contribution in [0.1, 0.15) is 22.5 Å². The van der Waals surface area contributed by atoms with Crippen LogP contribution in [0.5, 0.6) is 17.2 Å². The van der Waals surface area contributed by atoms with Gasteiger partial charge >= 0.3 is 0 Å². The Kier molecular flexibility index (Phi) is 8.46. The van der Waals surface area contributed by atoms with Crippen LogP contribution in [0.2, 0.25) is 0 Å². The molecule has 1 aromatic heterocycles. The second kappa shape index (κ2) is 12.1. The summed E-state index contributed by atoms with van der Waals surface area (Å²) in [5, 5.41) is 2.93. The zero-order valence-corrected chi connectivity index (χ0v) is 21.6. The topological polar surface area (TPSA) is 74.6 Å². The van der Waals surface area contributed by atoms with Crippen molar-refractivity contribution in [1.82, 2.24) is 14.9 Å². The summed E-state index contributed by atoms with van der Waals surface area (Å²) in [6.45, 7) is 8.93. The van der Waals surface area contributed by atoms with Gasteiger partial charge in [0, 0.05) is 0 Å². The molecule has 1 N–H and O–H groups in total. The number of carbonyl (C=O) groups is 1. The second-order valence-corrected chi connectivity index (χ2v) is 8.83.